The van der Waals surface area contributed by atoms with Gasteiger partial charge in [-0.1, -0.05) is 0 Å². The number of nitrogens with zero attached hydrogens (tertiary/aromatic N) is 3. The van der Waals surface area contributed by atoms with Gasteiger partial charge in [-0.05, 0) is 52.6 Å². The Labute approximate surface area is 121 Å². The first-order valence-corrected chi connectivity index (χ1v) is 7.37. The summed E-state index contributed by atoms with van der Waals surface area (Å²) in [7, 11) is 0. The predicted octanol–water partition coefficient (Wildman–Crippen LogP) is 2.71. The summed E-state index contributed by atoms with van der Waals surface area (Å²) < 4.78 is 0. The average molecular weight is 272 g/mol. The smallest absolute Gasteiger partial charge is 0.103 e. The third-order valence-electron chi connectivity index (χ3n) is 4.07. The van der Waals surface area contributed by atoms with E-state index < -0.39 is 0 Å². The molecule has 0 bridgehead atoms. The topological polar surface area (TPSA) is 52.0 Å². The normalized spacial score (nSPS) is 19.3. The van der Waals surface area contributed by atoms with E-state index in [1.807, 2.05) is 19.9 Å². The lowest BCUT2D eigenvalue weighted by Crippen LogP contribution is -2.29. The van der Waals surface area contributed by atoms with E-state index in [9.17, 15) is 5.26 Å². The van der Waals surface area contributed by atoms with Crippen LogP contribution in [0.15, 0.2) is 6.07 Å². The number of aromatic nitrogens is 1. The molecule has 0 aromatic carbocycles. The molecule has 1 aliphatic heterocycles. The molecule has 1 fully saturated rings. The summed E-state index contributed by atoms with van der Waals surface area (Å²) in [5.41, 5.74) is 3.37. The van der Waals surface area contributed by atoms with Crippen molar-refractivity contribution in [3.05, 3.63) is 23.0 Å². The van der Waals surface area contributed by atoms with Crippen LogP contribution in [0.5, 0.6) is 0 Å². The summed E-state index contributed by atoms with van der Waals surface area (Å²) >= 11 is 0. The molecule has 1 aliphatic rings. The van der Waals surface area contributed by atoms with E-state index >= 15 is 0 Å². The molecule has 1 atom stereocenters. The lowest BCUT2D eigenvalue weighted by Gasteiger charge is -2.20. The summed E-state index contributed by atoms with van der Waals surface area (Å²) in [5, 5.41) is 12.7. The third-order valence-corrected chi connectivity index (χ3v) is 4.07. The Morgan fingerprint density at radius 2 is 2.25 bits per heavy atom. The quantitative estimate of drug-likeness (QED) is 0.915. The molecular formula is C16H24N4. The standard InChI is InChI=1S/C16H24N4/c1-11(2)20-6-5-14(10-20)9-18-16-7-12(3)19-13(4)15(16)8-17/h7,11,14H,5-6,9-10H2,1-4H3,(H,18,19). The highest BCUT2D eigenvalue weighted by Crippen LogP contribution is 2.22. The number of rotatable bonds is 4. The van der Waals surface area contributed by atoms with E-state index in [0.29, 0.717) is 17.5 Å². The zero-order valence-corrected chi connectivity index (χ0v) is 12.9. The van der Waals surface area contributed by atoms with Gasteiger partial charge in [0.05, 0.1) is 16.9 Å². The molecule has 1 aromatic rings. The fraction of sp³-hybridized carbons (Fsp3) is 0.625. The van der Waals surface area contributed by atoms with Gasteiger partial charge < -0.3 is 10.2 Å². The molecule has 1 aromatic heterocycles. The molecule has 0 spiro atoms. The number of hydrogen-bond donors (Lipinski definition) is 1. The summed E-state index contributed by atoms with van der Waals surface area (Å²) in [4.78, 5) is 6.86. The van der Waals surface area contributed by atoms with Crippen molar-refractivity contribution in [3.8, 4) is 6.07 Å². The van der Waals surface area contributed by atoms with Gasteiger partial charge in [0.1, 0.15) is 6.07 Å². The lowest BCUT2D eigenvalue weighted by molar-refractivity contribution is 0.266. The van der Waals surface area contributed by atoms with Gasteiger partial charge in [-0.3, -0.25) is 4.98 Å². The number of hydrogen-bond acceptors (Lipinski definition) is 4. The highest BCUT2D eigenvalue weighted by atomic mass is 15.2. The largest absolute Gasteiger partial charge is 0.384 e. The zero-order valence-electron chi connectivity index (χ0n) is 12.9. The van der Waals surface area contributed by atoms with Gasteiger partial charge in [-0.25, -0.2) is 0 Å². The van der Waals surface area contributed by atoms with Gasteiger partial charge in [0.15, 0.2) is 0 Å². The van der Waals surface area contributed by atoms with Crippen molar-refractivity contribution in [2.45, 2.75) is 40.2 Å². The highest BCUT2D eigenvalue weighted by molar-refractivity contribution is 5.59. The van der Waals surface area contributed by atoms with Crippen LogP contribution in [-0.4, -0.2) is 35.6 Å². The van der Waals surface area contributed by atoms with Crippen LogP contribution in [0.3, 0.4) is 0 Å². The van der Waals surface area contributed by atoms with E-state index in [1.165, 1.54) is 13.0 Å². The monoisotopic (exact) mass is 272 g/mol. The van der Waals surface area contributed by atoms with Crippen molar-refractivity contribution in [2.75, 3.05) is 25.0 Å². The summed E-state index contributed by atoms with van der Waals surface area (Å²) in [6.07, 6.45) is 1.23. The Hall–Kier alpha value is -1.60. The van der Waals surface area contributed by atoms with E-state index in [0.717, 1.165) is 30.2 Å². The van der Waals surface area contributed by atoms with Crippen molar-refractivity contribution in [2.24, 2.45) is 5.92 Å². The predicted molar refractivity (Wildman–Crippen MR) is 81.7 cm³/mol. The van der Waals surface area contributed by atoms with Gasteiger partial charge in [0, 0.05) is 24.8 Å². The average Bonchev–Trinajstić information content (AvgIpc) is 2.84. The number of nitrogens with one attached hydrogen (secondary N) is 1. The maximum atomic E-state index is 9.26. The van der Waals surface area contributed by atoms with Gasteiger partial charge >= 0.3 is 0 Å². The molecule has 1 N–H and O–H groups in total. The van der Waals surface area contributed by atoms with Crippen molar-refractivity contribution in [1.82, 2.24) is 9.88 Å². The molecule has 2 heterocycles. The fourth-order valence-corrected chi connectivity index (χ4v) is 2.86. The van der Waals surface area contributed by atoms with Gasteiger partial charge in [0.2, 0.25) is 0 Å². The van der Waals surface area contributed by atoms with Gasteiger partial charge in [0.25, 0.3) is 0 Å². The van der Waals surface area contributed by atoms with E-state index in [2.05, 4.69) is 35.1 Å². The van der Waals surface area contributed by atoms with Crippen LogP contribution in [0.2, 0.25) is 0 Å². The first-order valence-electron chi connectivity index (χ1n) is 7.37. The molecule has 0 aliphatic carbocycles. The van der Waals surface area contributed by atoms with Crippen LogP contribution in [0.25, 0.3) is 0 Å². The fourth-order valence-electron chi connectivity index (χ4n) is 2.86. The molecule has 4 nitrogen and oxygen atoms in total. The molecule has 1 saturated heterocycles. The molecule has 20 heavy (non-hydrogen) atoms. The molecule has 0 amide bonds. The molecule has 0 radical (unpaired) electrons. The van der Waals surface area contributed by atoms with Crippen molar-refractivity contribution >= 4 is 5.69 Å². The van der Waals surface area contributed by atoms with Crippen LogP contribution >= 0.6 is 0 Å². The van der Waals surface area contributed by atoms with Crippen LogP contribution in [-0.2, 0) is 0 Å². The summed E-state index contributed by atoms with van der Waals surface area (Å²) in [6.45, 7) is 11.6. The Morgan fingerprint density at radius 3 is 2.85 bits per heavy atom. The number of anilines is 1. The molecule has 108 valence electrons. The van der Waals surface area contributed by atoms with Crippen molar-refractivity contribution in [3.63, 3.8) is 0 Å². The second-order valence-electron chi connectivity index (χ2n) is 6.01. The van der Waals surface area contributed by atoms with E-state index in [-0.39, 0.29) is 0 Å². The van der Waals surface area contributed by atoms with Crippen LogP contribution < -0.4 is 5.32 Å². The van der Waals surface area contributed by atoms with Gasteiger partial charge in [-0.15, -0.1) is 0 Å². The maximum Gasteiger partial charge on any atom is 0.103 e. The molecule has 1 unspecified atom stereocenters. The van der Waals surface area contributed by atoms with Crippen molar-refractivity contribution in [1.29, 1.82) is 5.26 Å². The van der Waals surface area contributed by atoms with Crippen LogP contribution in [0, 0.1) is 31.1 Å². The first kappa shape index (κ1) is 14.8. The lowest BCUT2D eigenvalue weighted by atomic mass is 10.1. The molecular weight excluding hydrogens is 248 g/mol. The number of likely N-dealkylation sites (tertiary alicyclic amines) is 1. The Kier molecular flexibility index (Phi) is 4.61. The zero-order chi connectivity index (χ0) is 14.7. The number of pyridine rings is 1. The second-order valence-corrected chi connectivity index (χ2v) is 6.01. The maximum absolute atomic E-state index is 9.26. The van der Waals surface area contributed by atoms with E-state index in [1.54, 1.807) is 0 Å². The van der Waals surface area contributed by atoms with E-state index in [4.69, 9.17) is 0 Å². The summed E-state index contributed by atoms with van der Waals surface area (Å²) in [6, 6.07) is 4.86. The Morgan fingerprint density at radius 1 is 1.50 bits per heavy atom. The van der Waals surface area contributed by atoms with Crippen LogP contribution in [0.1, 0.15) is 37.2 Å². The molecule has 0 saturated carbocycles. The second kappa shape index (κ2) is 6.23. The minimum atomic E-state index is 0.625. The third kappa shape index (κ3) is 3.29. The highest BCUT2D eigenvalue weighted by Gasteiger charge is 2.24. The SMILES string of the molecule is Cc1cc(NCC2CCN(C(C)C)C2)c(C#N)c(C)n1. The number of nitriles is 1. The first-order chi connectivity index (χ1) is 9.51. The Bertz CT molecular complexity index is 516. The summed E-state index contributed by atoms with van der Waals surface area (Å²) in [5.74, 6) is 0.665. The van der Waals surface area contributed by atoms with Crippen LogP contribution in [0.4, 0.5) is 5.69 Å². The molecule has 4 heteroatoms. The Balaban J connectivity index is 2.00. The molecule has 2 rings (SSSR count). The number of aryl methyl sites for hydroxylation is 2. The minimum absolute atomic E-state index is 0.625. The van der Waals surface area contributed by atoms with Gasteiger partial charge in [-0.2, -0.15) is 5.26 Å². The minimum Gasteiger partial charge on any atom is -0.384 e. The van der Waals surface area contributed by atoms with Crippen molar-refractivity contribution < 1.29 is 0 Å².